The van der Waals surface area contributed by atoms with Crippen LogP contribution in [0.5, 0.6) is 0 Å². The number of carboxylic acid groups (broad SMARTS) is 1. The molecule has 1 amide bonds. The number of carbonyl (C=O) groups excluding carboxylic acids is 1. The molecule has 0 fully saturated rings. The molecule has 1 atom stereocenters. The van der Waals surface area contributed by atoms with E-state index in [0.717, 1.165) is 5.56 Å². The molecule has 17 heavy (non-hydrogen) atoms. The molecule has 1 aromatic carbocycles. The number of amides is 1. The molecule has 0 unspecified atom stereocenters. The zero-order chi connectivity index (χ0) is 12.8. The van der Waals surface area contributed by atoms with E-state index in [1.807, 2.05) is 6.07 Å². The zero-order valence-electron chi connectivity index (χ0n) is 9.64. The van der Waals surface area contributed by atoms with Gasteiger partial charge in [-0.3, -0.25) is 9.59 Å². The molecule has 1 aromatic rings. The van der Waals surface area contributed by atoms with Gasteiger partial charge in [0, 0.05) is 5.56 Å². The van der Waals surface area contributed by atoms with E-state index in [9.17, 15) is 9.59 Å². The van der Waals surface area contributed by atoms with E-state index in [-0.39, 0.29) is 0 Å². The van der Waals surface area contributed by atoms with Crippen LogP contribution in [-0.2, 0) is 11.2 Å². The van der Waals surface area contributed by atoms with Crippen LogP contribution < -0.4 is 11.1 Å². The molecule has 0 saturated heterocycles. The largest absolute Gasteiger partial charge is 0.480 e. The molecule has 0 aromatic heterocycles. The summed E-state index contributed by atoms with van der Waals surface area (Å²) in [6.07, 6.45) is 1.05. The number of carbonyl (C=O) groups is 2. The average Bonchev–Trinajstić information content (AvgIpc) is 2.29. The molecule has 0 spiro atoms. The summed E-state index contributed by atoms with van der Waals surface area (Å²) in [5.74, 6) is -1.35. The van der Waals surface area contributed by atoms with Crippen molar-refractivity contribution in [2.75, 3.05) is 7.05 Å². The van der Waals surface area contributed by atoms with E-state index in [0.29, 0.717) is 18.4 Å². The molecule has 4 N–H and O–H groups in total. The number of rotatable bonds is 6. The molecule has 0 aliphatic rings. The molecule has 0 radical (unpaired) electrons. The molecule has 0 heterocycles. The van der Waals surface area contributed by atoms with Gasteiger partial charge in [0.2, 0.25) is 5.91 Å². The Morgan fingerprint density at radius 2 is 2.18 bits per heavy atom. The van der Waals surface area contributed by atoms with Crippen molar-refractivity contribution < 1.29 is 14.7 Å². The van der Waals surface area contributed by atoms with Gasteiger partial charge in [0.15, 0.2) is 0 Å². The average molecular weight is 236 g/mol. The van der Waals surface area contributed by atoms with Crippen LogP contribution in [0.1, 0.15) is 22.3 Å². The minimum absolute atomic E-state index is 0.443. The highest BCUT2D eigenvalue weighted by Gasteiger charge is 2.14. The Labute approximate surface area is 99.6 Å². The Kier molecular flexibility index (Phi) is 4.66. The van der Waals surface area contributed by atoms with Gasteiger partial charge < -0.3 is 16.2 Å². The van der Waals surface area contributed by atoms with Crippen LogP contribution in [0.2, 0.25) is 0 Å². The standard InChI is InChI=1S/C12H16N2O3/c1-14-10(12(16)17)6-5-8-3-2-4-9(7-8)11(13)15/h2-4,7,10,14H,5-6H2,1H3,(H2,13,15)(H,16,17)/t10-/m0/s1. The lowest BCUT2D eigenvalue weighted by atomic mass is 10.0. The number of aryl methyl sites for hydroxylation is 1. The highest BCUT2D eigenvalue weighted by Crippen LogP contribution is 2.08. The summed E-state index contributed by atoms with van der Waals surface area (Å²) in [6, 6.07) is 6.34. The number of benzene rings is 1. The van der Waals surface area contributed by atoms with Gasteiger partial charge in [0.25, 0.3) is 0 Å². The zero-order valence-corrected chi connectivity index (χ0v) is 9.64. The minimum Gasteiger partial charge on any atom is -0.480 e. The lowest BCUT2D eigenvalue weighted by Gasteiger charge is -2.10. The first-order valence-corrected chi connectivity index (χ1v) is 5.33. The molecule has 0 aliphatic carbocycles. The Hall–Kier alpha value is -1.88. The molecule has 0 bridgehead atoms. The predicted octanol–water partition coefficient (Wildman–Crippen LogP) is 0.391. The normalized spacial score (nSPS) is 12.1. The maximum Gasteiger partial charge on any atom is 0.320 e. The van der Waals surface area contributed by atoms with Gasteiger partial charge in [-0.05, 0) is 37.6 Å². The van der Waals surface area contributed by atoms with Crippen LogP contribution in [0.25, 0.3) is 0 Å². The van der Waals surface area contributed by atoms with Crippen molar-refractivity contribution >= 4 is 11.9 Å². The quantitative estimate of drug-likeness (QED) is 0.666. The van der Waals surface area contributed by atoms with Gasteiger partial charge in [0.05, 0.1) is 0 Å². The number of likely N-dealkylation sites (N-methyl/N-ethyl adjacent to an activating group) is 1. The smallest absolute Gasteiger partial charge is 0.320 e. The minimum atomic E-state index is -0.876. The molecule has 92 valence electrons. The van der Waals surface area contributed by atoms with E-state index in [2.05, 4.69) is 5.32 Å². The monoisotopic (exact) mass is 236 g/mol. The van der Waals surface area contributed by atoms with Crippen LogP contribution in [0.4, 0.5) is 0 Å². The summed E-state index contributed by atoms with van der Waals surface area (Å²) in [6.45, 7) is 0. The molecule has 5 nitrogen and oxygen atoms in total. The predicted molar refractivity (Wildman–Crippen MR) is 63.8 cm³/mol. The molecule has 0 saturated carbocycles. The van der Waals surface area contributed by atoms with Crippen molar-refractivity contribution in [1.82, 2.24) is 5.32 Å². The molecular formula is C12H16N2O3. The maximum atomic E-state index is 11.0. The second-order valence-corrected chi connectivity index (χ2v) is 3.78. The number of hydrogen-bond donors (Lipinski definition) is 3. The highest BCUT2D eigenvalue weighted by atomic mass is 16.4. The third-order valence-electron chi connectivity index (χ3n) is 2.58. The first-order chi connectivity index (χ1) is 8.04. The van der Waals surface area contributed by atoms with Gasteiger partial charge in [0.1, 0.15) is 6.04 Å². The van der Waals surface area contributed by atoms with E-state index in [1.54, 1.807) is 25.2 Å². The van der Waals surface area contributed by atoms with Gasteiger partial charge in [-0.2, -0.15) is 0 Å². The second-order valence-electron chi connectivity index (χ2n) is 3.78. The third-order valence-corrected chi connectivity index (χ3v) is 2.58. The fourth-order valence-corrected chi connectivity index (χ4v) is 1.58. The second kappa shape index (κ2) is 6.00. The highest BCUT2D eigenvalue weighted by molar-refractivity contribution is 5.92. The van der Waals surface area contributed by atoms with Gasteiger partial charge in [-0.1, -0.05) is 12.1 Å². The van der Waals surface area contributed by atoms with E-state index in [4.69, 9.17) is 10.8 Å². The SMILES string of the molecule is CN[C@@H](CCc1cccc(C(N)=O)c1)C(=O)O. The van der Waals surface area contributed by atoms with E-state index in [1.165, 1.54) is 0 Å². The Bertz CT molecular complexity index is 418. The van der Waals surface area contributed by atoms with Gasteiger partial charge in [-0.25, -0.2) is 0 Å². The first-order valence-electron chi connectivity index (χ1n) is 5.33. The fourth-order valence-electron chi connectivity index (χ4n) is 1.58. The molecule has 5 heteroatoms. The first kappa shape index (κ1) is 13.2. The summed E-state index contributed by atoms with van der Waals surface area (Å²) in [5.41, 5.74) is 6.52. The van der Waals surface area contributed by atoms with Crippen LogP contribution in [0.15, 0.2) is 24.3 Å². The van der Waals surface area contributed by atoms with Crippen LogP contribution in [0, 0.1) is 0 Å². The number of nitrogens with one attached hydrogen (secondary N) is 1. The number of nitrogens with two attached hydrogens (primary N) is 1. The Balaban J connectivity index is 2.66. The van der Waals surface area contributed by atoms with Crippen LogP contribution in [-0.4, -0.2) is 30.1 Å². The summed E-state index contributed by atoms with van der Waals surface area (Å²) in [7, 11) is 1.61. The number of hydrogen-bond acceptors (Lipinski definition) is 3. The maximum absolute atomic E-state index is 11.0. The summed E-state index contributed by atoms with van der Waals surface area (Å²) in [5, 5.41) is 11.6. The summed E-state index contributed by atoms with van der Waals surface area (Å²) < 4.78 is 0. The number of aliphatic carboxylic acids is 1. The van der Waals surface area contributed by atoms with Crippen molar-refractivity contribution in [3.8, 4) is 0 Å². The summed E-state index contributed by atoms with van der Waals surface area (Å²) >= 11 is 0. The van der Waals surface area contributed by atoms with E-state index >= 15 is 0 Å². The molecule has 1 rings (SSSR count). The van der Waals surface area contributed by atoms with Crippen LogP contribution in [0.3, 0.4) is 0 Å². The van der Waals surface area contributed by atoms with Crippen molar-refractivity contribution in [1.29, 1.82) is 0 Å². The van der Waals surface area contributed by atoms with Crippen molar-refractivity contribution in [2.45, 2.75) is 18.9 Å². The molecule has 0 aliphatic heterocycles. The van der Waals surface area contributed by atoms with Gasteiger partial charge in [-0.15, -0.1) is 0 Å². The van der Waals surface area contributed by atoms with Crippen molar-refractivity contribution in [3.05, 3.63) is 35.4 Å². The van der Waals surface area contributed by atoms with Crippen molar-refractivity contribution in [2.24, 2.45) is 5.73 Å². The van der Waals surface area contributed by atoms with Gasteiger partial charge >= 0.3 is 5.97 Å². The van der Waals surface area contributed by atoms with Crippen LogP contribution >= 0.6 is 0 Å². The topological polar surface area (TPSA) is 92.4 Å². The number of carboxylic acids is 1. The lowest BCUT2D eigenvalue weighted by molar-refractivity contribution is -0.139. The Morgan fingerprint density at radius 1 is 1.47 bits per heavy atom. The molecular weight excluding hydrogens is 220 g/mol. The number of primary amides is 1. The lowest BCUT2D eigenvalue weighted by Crippen LogP contribution is -2.34. The van der Waals surface area contributed by atoms with E-state index < -0.39 is 17.9 Å². The third kappa shape index (κ3) is 3.88. The summed E-state index contributed by atoms with van der Waals surface area (Å²) in [4.78, 5) is 21.8. The Morgan fingerprint density at radius 3 is 2.71 bits per heavy atom. The fraction of sp³-hybridized carbons (Fsp3) is 0.333. The van der Waals surface area contributed by atoms with Crippen molar-refractivity contribution in [3.63, 3.8) is 0 Å².